The summed E-state index contributed by atoms with van der Waals surface area (Å²) in [5.41, 5.74) is 5.65. The normalized spacial score (nSPS) is 16.8. The quantitative estimate of drug-likeness (QED) is 0.851. The van der Waals surface area contributed by atoms with Gasteiger partial charge in [-0.2, -0.15) is 4.31 Å². The highest BCUT2D eigenvalue weighted by molar-refractivity contribution is 7.89. The summed E-state index contributed by atoms with van der Waals surface area (Å²) in [5, 5.41) is -0.302. The predicted molar refractivity (Wildman–Crippen MR) is 87.7 cm³/mol. The molecule has 2 heterocycles. The number of carbonyl (C=O) groups excluding carboxylic acids is 1. The molecule has 7 nitrogen and oxygen atoms in total. The Morgan fingerprint density at radius 2 is 1.80 bits per heavy atom. The van der Waals surface area contributed by atoms with Crippen molar-refractivity contribution in [3.63, 3.8) is 0 Å². The van der Waals surface area contributed by atoms with Crippen molar-refractivity contribution in [3.05, 3.63) is 53.5 Å². The molecule has 0 bridgehead atoms. The van der Waals surface area contributed by atoms with Crippen LogP contribution in [0.25, 0.3) is 0 Å². The van der Waals surface area contributed by atoms with Crippen LogP contribution >= 0.6 is 0 Å². The van der Waals surface area contributed by atoms with Crippen LogP contribution in [-0.2, 0) is 16.6 Å². The van der Waals surface area contributed by atoms with Gasteiger partial charge >= 0.3 is 0 Å². The monoisotopic (exact) mass is 367 g/mol. The van der Waals surface area contributed by atoms with Crippen molar-refractivity contribution >= 4 is 15.9 Å². The van der Waals surface area contributed by atoms with Gasteiger partial charge in [-0.15, -0.1) is 0 Å². The van der Waals surface area contributed by atoms with Crippen LogP contribution in [-0.4, -0.2) is 49.7 Å². The van der Waals surface area contributed by atoms with Crippen molar-refractivity contribution in [1.82, 2.24) is 9.21 Å². The molecule has 0 saturated carbocycles. The molecule has 2 N–H and O–H groups in total. The molecule has 1 amide bonds. The first-order chi connectivity index (χ1) is 11.9. The van der Waals surface area contributed by atoms with Crippen LogP contribution < -0.4 is 5.73 Å². The lowest BCUT2D eigenvalue weighted by Crippen LogP contribution is -2.48. The van der Waals surface area contributed by atoms with E-state index in [0.717, 1.165) is 0 Å². The molecular formula is C16H18FN3O4S. The van der Waals surface area contributed by atoms with Gasteiger partial charge in [0.05, 0.1) is 0 Å². The Bertz CT molecular complexity index is 873. The maximum Gasteiger partial charge on any atom is 0.284 e. The van der Waals surface area contributed by atoms with Gasteiger partial charge < -0.3 is 10.2 Å². The maximum atomic E-state index is 13.7. The average Bonchev–Trinajstić information content (AvgIpc) is 3.09. The number of nitrogens with zero attached hydrogens (tertiary/aromatic N) is 2. The van der Waals surface area contributed by atoms with Gasteiger partial charge in [0.25, 0.3) is 15.9 Å². The molecule has 0 aliphatic carbocycles. The van der Waals surface area contributed by atoms with E-state index in [1.165, 1.54) is 22.5 Å². The average molecular weight is 367 g/mol. The minimum atomic E-state index is -3.82. The third-order valence-electron chi connectivity index (χ3n) is 4.10. The summed E-state index contributed by atoms with van der Waals surface area (Å²) < 4.78 is 45.1. The molecule has 1 aromatic heterocycles. The van der Waals surface area contributed by atoms with E-state index in [0.29, 0.717) is 25.2 Å². The second-order valence-electron chi connectivity index (χ2n) is 5.75. The van der Waals surface area contributed by atoms with Crippen molar-refractivity contribution in [2.45, 2.75) is 11.6 Å². The number of amides is 1. The number of sulfonamides is 1. The zero-order valence-electron chi connectivity index (χ0n) is 13.4. The lowest BCUT2D eigenvalue weighted by molar-refractivity contribution is 0.0968. The first-order valence-electron chi connectivity index (χ1n) is 7.73. The van der Waals surface area contributed by atoms with E-state index in [1.807, 2.05) is 4.90 Å². The largest absolute Gasteiger partial charge is 0.438 e. The van der Waals surface area contributed by atoms with Crippen LogP contribution in [0.4, 0.5) is 4.39 Å². The molecule has 9 heteroatoms. The van der Waals surface area contributed by atoms with Crippen molar-refractivity contribution in [2.24, 2.45) is 5.73 Å². The number of furan rings is 1. The summed E-state index contributed by atoms with van der Waals surface area (Å²) in [6, 6.07) is 8.99. The summed E-state index contributed by atoms with van der Waals surface area (Å²) in [5.74, 6) is -1.29. The number of nitrogens with two attached hydrogens (primary N) is 1. The van der Waals surface area contributed by atoms with Crippen molar-refractivity contribution in [2.75, 3.05) is 26.2 Å². The van der Waals surface area contributed by atoms with Gasteiger partial charge in [-0.05, 0) is 18.2 Å². The fourth-order valence-electron chi connectivity index (χ4n) is 2.71. The number of halogens is 1. The summed E-state index contributed by atoms with van der Waals surface area (Å²) in [6.07, 6.45) is 0. The molecule has 3 rings (SSSR count). The van der Waals surface area contributed by atoms with Gasteiger partial charge in [-0.3, -0.25) is 9.69 Å². The van der Waals surface area contributed by atoms with Crippen molar-refractivity contribution in [1.29, 1.82) is 0 Å². The fourth-order valence-corrected chi connectivity index (χ4v) is 4.05. The topological polar surface area (TPSA) is 96.8 Å². The maximum absolute atomic E-state index is 13.7. The Kier molecular flexibility index (Phi) is 4.89. The summed E-state index contributed by atoms with van der Waals surface area (Å²) in [4.78, 5) is 13.0. The third-order valence-corrected chi connectivity index (χ3v) is 5.87. The Labute approximate surface area is 144 Å². The Hall–Kier alpha value is -2.23. The molecule has 1 aliphatic rings. The molecule has 1 fully saturated rings. The minimum Gasteiger partial charge on any atom is -0.438 e. The molecule has 1 saturated heterocycles. The van der Waals surface area contributed by atoms with E-state index in [2.05, 4.69) is 0 Å². The van der Waals surface area contributed by atoms with E-state index >= 15 is 0 Å². The first-order valence-corrected chi connectivity index (χ1v) is 9.17. The minimum absolute atomic E-state index is 0.197. The van der Waals surface area contributed by atoms with Crippen LogP contribution in [0.1, 0.15) is 16.1 Å². The number of rotatable bonds is 5. The van der Waals surface area contributed by atoms with Crippen LogP contribution in [0, 0.1) is 5.82 Å². The smallest absolute Gasteiger partial charge is 0.284 e. The molecular weight excluding hydrogens is 349 g/mol. The third kappa shape index (κ3) is 3.73. The number of hydrogen-bond acceptors (Lipinski definition) is 5. The zero-order chi connectivity index (χ0) is 18.0. The van der Waals surface area contributed by atoms with Gasteiger partial charge in [0.1, 0.15) is 5.82 Å². The number of benzene rings is 1. The zero-order valence-corrected chi connectivity index (χ0v) is 14.2. The highest BCUT2D eigenvalue weighted by atomic mass is 32.2. The Morgan fingerprint density at radius 1 is 1.12 bits per heavy atom. The van der Waals surface area contributed by atoms with E-state index in [4.69, 9.17) is 10.2 Å². The van der Waals surface area contributed by atoms with Crippen LogP contribution in [0.5, 0.6) is 0 Å². The summed E-state index contributed by atoms with van der Waals surface area (Å²) in [7, 11) is -3.82. The molecule has 2 aromatic rings. The highest BCUT2D eigenvalue weighted by Crippen LogP contribution is 2.21. The molecule has 1 aliphatic heterocycles. The van der Waals surface area contributed by atoms with Crippen molar-refractivity contribution < 1.29 is 22.0 Å². The fraction of sp³-hybridized carbons (Fsp3) is 0.312. The summed E-state index contributed by atoms with van der Waals surface area (Å²) >= 11 is 0. The molecule has 0 unspecified atom stereocenters. The van der Waals surface area contributed by atoms with Crippen molar-refractivity contribution in [3.8, 4) is 0 Å². The molecule has 0 spiro atoms. The van der Waals surface area contributed by atoms with E-state index in [1.54, 1.807) is 18.2 Å². The van der Waals surface area contributed by atoms with Gasteiger partial charge in [0.2, 0.25) is 5.09 Å². The van der Waals surface area contributed by atoms with Crippen LogP contribution in [0.3, 0.4) is 0 Å². The Balaban J connectivity index is 1.65. The molecule has 134 valence electrons. The van der Waals surface area contributed by atoms with Crippen LogP contribution in [0.2, 0.25) is 0 Å². The summed E-state index contributed by atoms with van der Waals surface area (Å²) in [6.45, 7) is 1.87. The second kappa shape index (κ2) is 6.95. The number of primary amides is 1. The van der Waals surface area contributed by atoms with Gasteiger partial charge in [-0.1, -0.05) is 18.2 Å². The Morgan fingerprint density at radius 3 is 2.40 bits per heavy atom. The lowest BCUT2D eigenvalue weighted by Gasteiger charge is -2.33. The van der Waals surface area contributed by atoms with E-state index < -0.39 is 15.9 Å². The number of carbonyl (C=O) groups is 1. The van der Waals surface area contributed by atoms with Crippen LogP contribution in [0.15, 0.2) is 45.9 Å². The first kappa shape index (κ1) is 17.6. The van der Waals surface area contributed by atoms with E-state index in [9.17, 15) is 17.6 Å². The number of piperazine rings is 1. The predicted octanol–water partition coefficient (Wildman–Crippen LogP) is 1.02. The van der Waals surface area contributed by atoms with E-state index in [-0.39, 0.29) is 29.8 Å². The molecule has 0 atom stereocenters. The molecule has 1 aromatic carbocycles. The highest BCUT2D eigenvalue weighted by Gasteiger charge is 2.31. The van der Waals surface area contributed by atoms with Gasteiger partial charge in [0.15, 0.2) is 5.76 Å². The second-order valence-corrected chi connectivity index (χ2v) is 7.62. The SMILES string of the molecule is NC(=O)c1ccc(S(=O)(=O)N2CCN(Cc3ccccc3F)CC2)o1. The molecule has 0 radical (unpaired) electrons. The lowest BCUT2D eigenvalue weighted by atomic mass is 10.2. The number of hydrogen-bond donors (Lipinski definition) is 1. The molecule has 25 heavy (non-hydrogen) atoms. The standard InChI is InChI=1S/C16H18FN3O4S/c17-13-4-2-1-3-12(13)11-19-7-9-20(10-8-19)25(22,23)15-6-5-14(24-15)16(18)21/h1-6H,7-11H2,(H2,18,21). The van der Waals surface area contributed by atoms with Gasteiger partial charge in [0, 0.05) is 38.3 Å². The van der Waals surface area contributed by atoms with Gasteiger partial charge in [-0.25, -0.2) is 12.8 Å².